The van der Waals surface area contributed by atoms with Gasteiger partial charge in [0, 0.05) is 45.0 Å². The highest BCUT2D eigenvalue weighted by Crippen LogP contribution is 2.30. The van der Waals surface area contributed by atoms with E-state index >= 15 is 0 Å². The van der Waals surface area contributed by atoms with Gasteiger partial charge in [0.15, 0.2) is 0 Å². The monoisotopic (exact) mass is 1120 g/mol. The second-order valence-electron chi connectivity index (χ2n) is 27.7. The number of aromatic nitrogens is 10. The topological polar surface area (TPSA) is 175 Å². The summed E-state index contributed by atoms with van der Waals surface area (Å²) in [5.41, 5.74) is 12.9. The number of nitrogens with zero attached hydrogens (tertiary/aromatic N) is 6. The third-order valence-electron chi connectivity index (χ3n) is 14.7. The van der Waals surface area contributed by atoms with Gasteiger partial charge in [0.25, 0.3) is 11.1 Å². The van der Waals surface area contributed by atoms with Crippen LogP contribution in [0.2, 0.25) is 0 Å². The third-order valence-corrected chi connectivity index (χ3v) is 14.7. The van der Waals surface area contributed by atoms with Crippen LogP contribution in [0.4, 0.5) is 0 Å². The molecule has 0 bridgehead atoms. The lowest BCUT2D eigenvalue weighted by Crippen LogP contribution is -2.13. The summed E-state index contributed by atoms with van der Waals surface area (Å²) in [4.78, 5) is 29.4. The quantitative estimate of drug-likeness (QED) is 0.116. The summed E-state index contributed by atoms with van der Waals surface area (Å²) in [6.45, 7) is 39.5. The summed E-state index contributed by atoms with van der Waals surface area (Å²) in [7, 11) is 0. The van der Waals surface area contributed by atoms with E-state index in [2.05, 4.69) is 254 Å². The van der Waals surface area contributed by atoms with Crippen LogP contribution in [0, 0.1) is 0 Å². The molecule has 0 saturated carbocycles. The number of nitrogens with one attached hydrogen (secondary N) is 4. The zero-order chi connectivity index (χ0) is 61.4. The van der Waals surface area contributed by atoms with E-state index in [1.54, 1.807) is 24.8 Å². The first-order valence-corrected chi connectivity index (χ1v) is 28.8. The molecule has 0 atom stereocenters. The Morgan fingerprint density at radius 3 is 1.30 bits per heavy atom. The Labute approximate surface area is 495 Å². The Kier molecular flexibility index (Phi) is 19.1. The highest BCUT2D eigenvalue weighted by Gasteiger charge is 2.18. The first-order valence-electron chi connectivity index (χ1n) is 28.8. The largest absolute Gasteiger partial charge is 0.361 e. The Bertz CT molecular complexity index is 4100. The second kappa shape index (κ2) is 25.5. The minimum absolute atomic E-state index is 0.0594. The van der Waals surface area contributed by atoms with Crippen molar-refractivity contribution in [1.82, 2.24) is 50.8 Å². The molecule has 0 radical (unpaired) electrons. The maximum absolute atomic E-state index is 11.5. The van der Waals surface area contributed by atoms with Crippen LogP contribution in [0.25, 0.3) is 65.2 Å². The highest BCUT2D eigenvalue weighted by molar-refractivity contribution is 5.84. The van der Waals surface area contributed by atoms with Gasteiger partial charge in [-0.15, -0.1) is 0 Å². The summed E-state index contributed by atoms with van der Waals surface area (Å²) in [5, 5.41) is 36.4. The van der Waals surface area contributed by atoms with Gasteiger partial charge in [0.05, 0.1) is 46.6 Å². The van der Waals surface area contributed by atoms with Gasteiger partial charge in [-0.3, -0.25) is 9.59 Å². The van der Waals surface area contributed by atoms with E-state index < -0.39 is 0 Å². The molecule has 0 spiro atoms. The number of fused-ring (bicyclic) bond motifs is 6. The number of hydrogen-bond donors (Lipinski definition) is 4. The van der Waals surface area contributed by atoms with Crippen molar-refractivity contribution < 1.29 is 0 Å². The van der Waals surface area contributed by atoms with E-state index in [9.17, 15) is 9.59 Å². The average molecular weight is 1120 g/mol. The van der Waals surface area contributed by atoms with Crippen molar-refractivity contribution in [3.8, 4) is 0 Å². The molecule has 6 aromatic carbocycles. The van der Waals surface area contributed by atoms with E-state index in [1.165, 1.54) is 49.6 Å². The van der Waals surface area contributed by atoms with Gasteiger partial charge in [0.1, 0.15) is 0 Å². The molecular weight excluding hydrogens is 1040 g/mol. The van der Waals surface area contributed by atoms with Crippen molar-refractivity contribution in [3.05, 3.63) is 225 Å². The van der Waals surface area contributed by atoms with Crippen LogP contribution in [0.3, 0.4) is 0 Å². The minimum atomic E-state index is -0.132. The molecule has 0 amide bonds. The molecule has 0 fully saturated rings. The summed E-state index contributed by atoms with van der Waals surface area (Å²) >= 11 is 0. The zero-order valence-corrected chi connectivity index (χ0v) is 52.7. The van der Waals surface area contributed by atoms with Crippen LogP contribution in [0.5, 0.6) is 0 Å². The van der Waals surface area contributed by atoms with Crippen molar-refractivity contribution in [2.75, 3.05) is 0 Å². The van der Waals surface area contributed by atoms with Gasteiger partial charge in [-0.1, -0.05) is 179 Å². The van der Waals surface area contributed by atoms with Crippen LogP contribution in [-0.4, -0.2) is 50.8 Å². The van der Waals surface area contributed by atoms with E-state index in [4.69, 9.17) is 0 Å². The molecule has 12 nitrogen and oxygen atoms in total. The first kappa shape index (κ1) is 63.0. The number of aromatic amines is 4. The Morgan fingerprint density at radius 2 is 0.714 bits per heavy atom. The lowest BCUT2D eigenvalue weighted by Gasteiger charge is -2.19. The van der Waals surface area contributed by atoms with Crippen molar-refractivity contribution in [2.45, 2.75) is 157 Å². The molecule has 0 aliphatic heterocycles. The number of rotatable bonds is 0. The Balaban J connectivity index is 0.000000145. The van der Waals surface area contributed by atoms with Crippen LogP contribution in [0.1, 0.15) is 158 Å². The molecule has 0 aliphatic rings. The summed E-state index contributed by atoms with van der Waals surface area (Å²) in [6.07, 6.45) is 10.8. The maximum Gasteiger partial charge on any atom is 0.272 e. The number of hydrogen-bond acceptors (Lipinski definition) is 8. The van der Waals surface area contributed by atoms with Gasteiger partial charge < -0.3 is 9.97 Å². The fourth-order valence-electron chi connectivity index (χ4n) is 9.05. The molecule has 0 saturated heterocycles. The molecule has 4 N–H and O–H groups in total. The molecule has 0 aliphatic carbocycles. The van der Waals surface area contributed by atoms with Crippen LogP contribution < -0.4 is 11.1 Å². The number of H-pyrrole nitrogens is 4. The van der Waals surface area contributed by atoms with Gasteiger partial charge in [-0.25, -0.2) is 10.2 Å². The van der Waals surface area contributed by atoms with Gasteiger partial charge in [-0.2, -0.15) is 30.6 Å². The molecule has 12 heteroatoms. The standard InChI is InChI=1S/2C12H14N2O.2C12H14N2.2C12H15N/c1-12(2,3)9-4-5-10-8(6-9)7-13-14-11(10)15;1-12(2,3)9-5-4-8-7-13-14-11(15)10(8)6-9;1-12(2,3)10-4-5-11-9(8-10)6-7-13-14-11;1-12(2,3)10-5-4-9-6-7-13-14-11(9)8-10;1-12(2,3)10-4-5-11-9(8-10)6-7-13-11;1-12(2,3)10-5-4-9-6-7-13-11(9)8-10/h2*4-7H,1-3H3,(H,14,15);2*4-8H,1-3H3;2*4-8,13H,1-3H3. The summed E-state index contributed by atoms with van der Waals surface area (Å²) < 4.78 is 0. The lowest BCUT2D eigenvalue weighted by atomic mass is 9.86. The van der Waals surface area contributed by atoms with E-state index in [-0.39, 0.29) is 43.6 Å². The molecule has 6 aromatic heterocycles. The van der Waals surface area contributed by atoms with Crippen molar-refractivity contribution in [3.63, 3.8) is 0 Å². The Morgan fingerprint density at radius 1 is 0.310 bits per heavy atom. The van der Waals surface area contributed by atoms with Gasteiger partial charge in [-0.05, 0) is 156 Å². The smallest absolute Gasteiger partial charge is 0.272 e. The van der Waals surface area contributed by atoms with Gasteiger partial charge >= 0.3 is 0 Å². The molecule has 6 heterocycles. The van der Waals surface area contributed by atoms with Crippen molar-refractivity contribution in [1.29, 1.82) is 0 Å². The molecule has 436 valence electrons. The molecule has 84 heavy (non-hydrogen) atoms. The normalized spacial score (nSPS) is 12.0. The molecule has 12 rings (SSSR count). The van der Waals surface area contributed by atoms with Crippen LogP contribution >= 0.6 is 0 Å². The number of benzene rings is 6. The minimum Gasteiger partial charge on any atom is -0.361 e. The fraction of sp³-hybridized carbons (Fsp3) is 0.333. The molecular formula is C72H86N10O2. The average Bonchev–Trinajstić information content (AvgIpc) is 3.37. The third kappa shape index (κ3) is 16.8. The fourth-order valence-corrected chi connectivity index (χ4v) is 9.05. The SMILES string of the molecule is CC(C)(C)c1ccc2[nH]ccc2c1.CC(C)(C)c1ccc2c(=O)[nH]ncc2c1.CC(C)(C)c1ccc2cc[nH]c2c1.CC(C)(C)c1ccc2ccnnc2c1.CC(C)(C)c1ccc2cn[nH]c(=O)c2c1.CC(C)(C)c1ccc2nnccc2c1. The Hall–Kier alpha value is -8.64. The van der Waals surface area contributed by atoms with Crippen LogP contribution in [-0.2, 0) is 32.5 Å². The predicted octanol–water partition coefficient (Wildman–Crippen LogP) is 17.2. The highest BCUT2D eigenvalue weighted by atomic mass is 16.1. The zero-order valence-electron chi connectivity index (χ0n) is 52.7. The second-order valence-corrected chi connectivity index (χ2v) is 27.7. The predicted molar refractivity (Wildman–Crippen MR) is 353 cm³/mol. The summed E-state index contributed by atoms with van der Waals surface area (Å²) in [5.74, 6) is 0. The van der Waals surface area contributed by atoms with Gasteiger partial charge in [0.2, 0.25) is 0 Å². The molecule has 12 aromatic rings. The van der Waals surface area contributed by atoms with E-state index in [1.807, 2.05) is 67.0 Å². The van der Waals surface area contributed by atoms with Crippen LogP contribution in [0.15, 0.2) is 180 Å². The van der Waals surface area contributed by atoms with Crippen molar-refractivity contribution in [2.24, 2.45) is 0 Å². The molecule has 0 unspecified atom stereocenters. The maximum atomic E-state index is 11.5. The summed E-state index contributed by atoms with van der Waals surface area (Å²) in [6, 6.07) is 45.9. The van der Waals surface area contributed by atoms with E-state index in [0.29, 0.717) is 10.8 Å². The first-order chi connectivity index (χ1) is 39.3. The lowest BCUT2D eigenvalue weighted by molar-refractivity contribution is 0.590. The van der Waals surface area contributed by atoms with Crippen molar-refractivity contribution >= 4 is 65.2 Å². The van der Waals surface area contributed by atoms with E-state index in [0.717, 1.165) is 38.1 Å².